The maximum absolute atomic E-state index is 12.3. The van der Waals surface area contributed by atoms with Crippen LogP contribution in [0.1, 0.15) is 5.56 Å². The van der Waals surface area contributed by atoms with Gasteiger partial charge in [-0.15, -0.1) is 0 Å². The average molecular weight is 342 g/mol. The zero-order valence-corrected chi connectivity index (χ0v) is 14.2. The highest BCUT2D eigenvalue weighted by molar-refractivity contribution is 5.94. The summed E-state index contributed by atoms with van der Waals surface area (Å²) in [5.41, 5.74) is 2.48. The Morgan fingerprint density at radius 2 is 1.96 bits per heavy atom. The average Bonchev–Trinajstić information content (AvgIpc) is 2.89. The van der Waals surface area contributed by atoms with Crippen LogP contribution in [0.5, 0.6) is 11.5 Å². The van der Waals surface area contributed by atoms with E-state index in [0.29, 0.717) is 28.3 Å². The molecule has 3 aromatic rings. The molecule has 0 saturated heterocycles. The molecule has 0 aliphatic heterocycles. The molecule has 0 atom stereocenters. The van der Waals surface area contributed by atoms with Gasteiger partial charge >= 0.3 is 5.76 Å². The first kappa shape index (κ1) is 16.6. The predicted octanol–water partition coefficient (Wildman–Crippen LogP) is 2.33. The minimum Gasteiger partial charge on any atom is -0.497 e. The summed E-state index contributed by atoms with van der Waals surface area (Å²) in [5.74, 6) is 0.525. The van der Waals surface area contributed by atoms with Gasteiger partial charge in [0.05, 0.1) is 31.8 Å². The quantitative estimate of drug-likeness (QED) is 0.769. The molecule has 7 nitrogen and oxygen atoms in total. The smallest absolute Gasteiger partial charge is 0.419 e. The number of nitrogens with zero attached hydrogens (tertiary/aromatic N) is 1. The lowest BCUT2D eigenvalue weighted by Crippen LogP contribution is -2.15. The Balaban J connectivity index is 1.79. The van der Waals surface area contributed by atoms with Gasteiger partial charge in [0, 0.05) is 13.1 Å². The van der Waals surface area contributed by atoms with Crippen molar-refractivity contribution < 1.29 is 18.7 Å². The zero-order valence-electron chi connectivity index (χ0n) is 14.2. The molecule has 1 heterocycles. The Hall–Kier alpha value is -3.22. The first-order chi connectivity index (χ1) is 12.0. The molecule has 0 fully saturated rings. The number of hydrogen-bond acceptors (Lipinski definition) is 5. The van der Waals surface area contributed by atoms with Crippen molar-refractivity contribution in [3.8, 4) is 11.5 Å². The first-order valence-electron chi connectivity index (χ1n) is 7.62. The van der Waals surface area contributed by atoms with Crippen molar-refractivity contribution in [3.05, 3.63) is 52.5 Å². The van der Waals surface area contributed by atoms with Crippen molar-refractivity contribution in [2.75, 3.05) is 19.5 Å². The van der Waals surface area contributed by atoms with Crippen molar-refractivity contribution in [2.45, 2.75) is 6.42 Å². The molecule has 0 radical (unpaired) electrons. The molecular formula is C18H18N2O5. The minimum absolute atomic E-state index is 0.157. The third-order valence-corrected chi connectivity index (χ3v) is 3.90. The van der Waals surface area contributed by atoms with E-state index in [-0.39, 0.29) is 12.3 Å². The van der Waals surface area contributed by atoms with Crippen LogP contribution >= 0.6 is 0 Å². The fraction of sp³-hybridized carbons (Fsp3) is 0.222. The number of amides is 1. The number of fused-ring (bicyclic) bond motifs is 1. The van der Waals surface area contributed by atoms with Gasteiger partial charge in [-0.05, 0) is 29.8 Å². The number of carbonyl (C=O) groups is 1. The topological polar surface area (TPSA) is 82.7 Å². The summed E-state index contributed by atoms with van der Waals surface area (Å²) >= 11 is 0. The summed E-state index contributed by atoms with van der Waals surface area (Å²) in [6, 6.07) is 10.4. The number of ether oxygens (including phenoxy) is 2. The fourth-order valence-electron chi connectivity index (χ4n) is 2.56. The number of oxazole rings is 1. The maximum atomic E-state index is 12.3. The van der Waals surface area contributed by atoms with E-state index in [0.717, 1.165) is 5.56 Å². The molecule has 0 unspecified atom stereocenters. The molecule has 1 aromatic heterocycles. The normalized spacial score (nSPS) is 10.7. The number of rotatable bonds is 5. The molecule has 0 saturated carbocycles. The van der Waals surface area contributed by atoms with E-state index in [1.165, 1.54) is 11.7 Å². The Morgan fingerprint density at radius 3 is 2.68 bits per heavy atom. The first-order valence-corrected chi connectivity index (χ1v) is 7.62. The summed E-state index contributed by atoms with van der Waals surface area (Å²) in [4.78, 5) is 23.9. The lowest BCUT2D eigenvalue weighted by molar-refractivity contribution is -0.115. The van der Waals surface area contributed by atoms with Crippen LogP contribution in [0.2, 0.25) is 0 Å². The van der Waals surface area contributed by atoms with E-state index in [1.807, 2.05) is 0 Å². The number of benzene rings is 2. The van der Waals surface area contributed by atoms with Crippen molar-refractivity contribution in [3.63, 3.8) is 0 Å². The monoisotopic (exact) mass is 342 g/mol. The van der Waals surface area contributed by atoms with E-state index in [9.17, 15) is 9.59 Å². The van der Waals surface area contributed by atoms with Gasteiger partial charge in [-0.3, -0.25) is 9.36 Å². The molecule has 1 amide bonds. The number of methoxy groups -OCH3 is 2. The minimum atomic E-state index is -0.431. The molecule has 130 valence electrons. The fourth-order valence-corrected chi connectivity index (χ4v) is 2.56. The summed E-state index contributed by atoms with van der Waals surface area (Å²) in [6.07, 6.45) is 0.157. The highest BCUT2D eigenvalue weighted by Crippen LogP contribution is 2.29. The number of aromatic nitrogens is 1. The van der Waals surface area contributed by atoms with Crippen LogP contribution in [-0.2, 0) is 18.3 Å². The van der Waals surface area contributed by atoms with Crippen LogP contribution in [0, 0.1) is 0 Å². The van der Waals surface area contributed by atoms with Gasteiger partial charge in [0.15, 0.2) is 5.58 Å². The molecule has 1 N–H and O–H groups in total. The molecule has 0 spiro atoms. The van der Waals surface area contributed by atoms with Gasteiger partial charge in [0.1, 0.15) is 11.5 Å². The number of nitrogens with one attached hydrogen (secondary N) is 1. The second kappa shape index (κ2) is 6.72. The van der Waals surface area contributed by atoms with E-state index in [4.69, 9.17) is 13.9 Å². The van der Waals surface area contributed by atoms with Gasteiger partial charge in [-0.2, -0.15) is 0 Å². The SMILES string of the molecule is COc1ccc(NC(=O)Cc2ccc3oc(=O)n(C)c3c2)c(OC)c1. The number of carbonyl (C=O) groups excluding carboxylic acids is 1. The van der Waals surface area contributed by atoms with Crippen molar-refractivity contribution >= 4 is 22.7 Å². The van der Waals surface area contributed by atoms with Gasteiger partial charge < -0.3 is 19.2 Å². The lowest BCUT2D eigenvalue weighted by Gasteiger charge is -2.11. The predicted molar refractivity (Wildman–Crippen MR) is 93.3 cm³/mol. The maximum Gasteiger partial charge on any atom is 0.419 e. The second-order valence-electron chi connectivity index (χ2n) is 5.52. The zero-order chi connectivity index (χ0) is 18.0. The van der Waals surface area contributed by atoms with Crippen LogP contribution in [0.3, 0.4) is 0 Å². The van der Waals surface area contributed by atoms with Gasteiger partial charge in [-0.1, -0.05) is 6.07 Å². The Morgan fingerprint density at radius 1 is 1.16 bits per heavy atom. The van der Waals surface area contributed by atoms with Crippen LogP contribution < -0.4 is 20.5 Å². The largest absolute Gasteiger partial charge is 0.497 e. The van der Waals surface area contributed by atoms with Gasteiger partial charge in [-0.25, -0.2) is 4.79 Å². The van der Waals surface area contributed by atoms with E-state index >= 15 is 0 Å². The molecule has 0 bridgehead atoms. The third-order valence-electron chi connectivity index (χ3n) is 3.90. The molecule has 0 aliphatic rings. The highest BCUT2D eigenvalue weighted by Gasteiger charge is 2.12. The van der Waals surface area contributed by atoms with Crippen LogP contribution in [0.25, 0.3) is 11.1 Å². The summed E-state index contributed by atoms with van der Waals surface area (Å²) in [6.45, 7) is 0. The molecule has 0 aliphatic carbocycles. The van der Waals surface area contributed by atoms with Crippen molar-refractivity contribution in [1.82, 2.24) is 4.57 Å². The van der Waals surface area contributed by atoms with Crippen LogP contribution in [0.4, 0.5) is 5.69 Å². The molecule has 7 heteroatoms. The van der Waals surface area contributed by atoms with E-state index in [1.54, 1.807) is 50.6 Å². The van der Waals surface area contributed by atoms with Crippen LogP contribution in [0.15, 0.2) is 45.6 Å². The lowest BCUT2D eigenvalue weighted by atomic mass is 10.1. The Labute approximate surface area is 143 Å². The number of hydrogen-bond donors (Lipinski definition) is 1. The van der Waals surface area contributed by atoms with Gasteiger partial charge in [0.25, 0.3) is 0 Å². The summed E-state index contributed by atoms with van der Waals surface area (Å²) in [5, 5.41) is 2.82. The van der Waals surface area contributed by atoms with Crippen molar-refractivity contribution in [1.29, 1.82) is 0 Å². The number of aryl methyl sites for hydroxylation is 1. The van der Waals surface area contributed by atoms with E-state index < -0.39 is 5.76 Å². The molecule has 25 heavy (non-hydrogen) atoms. The second-order valence-corrected chi connectivity index (χ2v) is 5.52. The standard InChI is InChI=1S/C18H18N2O5/c1-20-14-8-11(4-7-15(14)25-18(20)22)9-17(21)19-13-6-5-12(23-2)10-16(13)24-3/h4-8,10H,9H2,1-3H3,(H,19,21). The summed E-state index contributed by atoms with van der Waals surface area (Å²) in [7, 11) is 4.71. The third kappa shape index (κ3) is 3.35. The molecule has 3 rings (SSSR count). The summed E-state index contributed by atoms with van der Waals surface area (Å²) < 4.78 is 16.9. The molecule has 2 aromatic carbocycles. The Kier molecular flexibility index (Phi) is 4.47. The van der Waals surface area contributed by atoms with Crippen LogP contribution in [-0.4, -0.2) is 24.7 Å². The van der Waals surface area contributed by atoms with Gasteiger partial charge in [0.2, 0.25) is 5.91 Å². The molecular weight excluding hydrogens is 324 g/mol. The van der Waals surface area contributed by atoms with Crippen molar-refractivity contribution in [2.24, 2.45) is 7.05 Å². The highest BCUT2D eigenvalue weighted by atomic mass is 16.5. The van der Waals surface area contributed by atoms with E-state index in [2.05, 4.69) is 5.32 Å². The Bertz CT molecular complexity index is 987. The number of anilines is 1.